The highest BCUT2D eigenvalue weighted by Gasteiger charge is 2.22. The number of methoxy groups -OCH3 is 2. The van der Waals surface area contributed by atoms with Crippen molar-refractivity contribution in [2.45, 2.75) is 32.1 Å². The van der Waals surface area contributed by atoms with Gasteiger partial charge in [-0.3, -0.25) is 4.79 Å². The molecule has 1 fully saturated rings. The first-order valence-electron chi connectivity index (χ1n) is 13.3. The summed E-state index contributed by atoms with van der Waals surface area (Å²) >= 11 is 0. The van der Waals surface area contributed by atoms with Gasteiger partial charge in [-0.1, -0.05) is 19.1 Å². The molecular formula is C29H35N7O3. The average molecular weight is 530 g/mol. The van der Waals surface area contributed by atoms with Crippen LogP contribution in [0.15, 0.2) is 48.7 Å². The monoisotopic (exact) mass is 529 g/mol. The van der Waals surface area contributed by atoms with Crippen molar-refractivity contribution >= 4 is 40.1 Å². The first-order valence-corrected chi connectivity index (χ1v) is 13.3. The third kappa shape index (κ3) is 5.61. The standard InChI is InChI=1S/C29H35N7O3/c1-4-14-36-15-6-7-19(17-36)18-10-11-21(24(16-18)39-3)33-29-34-27-20(12-13-31-27)28(35-29)32-22-8-5-9-23(38-2)25(22)26(30)37/h5,8-13,16,19H,4,6-7,14-15,17H2,1-3H3,(H2,30,37)(H3,31,32,33,34,35). The Morgan fingerprint density at radius 3 is 2.72 bits per heavy atom. The van der Waals surface area contributed by atoms with E-state index >= 15 is 0 Å². The van der Waals surface area contributed by atoms with Crippen LogP contribution in [0.25, 0.3) is 11.0 Å². The van der Waals surface area contributed by atoms with E-state index in [4.69, 9.17) is 20.2 Å². The number of piperidine rings is 1. The van der Waals surface area contributed by atoms with Gasteiger partial charge in [0.2, 0.25) is 5.95 Å². The van der Waals surface area contributed by atoms with Crippen LogP contribution >= 0.6 is 0 Å². The van der Waals surface area contributed by atoms with Crippen LogP contribution in [0.3, 0.4) is 0 Å². The molecule has 4 aromatic rings. The quantitative estimate of drug-likeness (QED) is 0.222. The lowest BCUT2D eigenvalue weighted by Crippen LogP contribution is -2.34. The molecule has 5 rings (SSSR count). The zero-order chi connectivity index (χ0) is 27.4. The number of nitrogens with one attached hydrogen (secondary N) is 3. The van der Waals surface area contributed by atoms with Crippen LogP contribution in [0.1, 0.15) is 48.0 Å². The van der Waals surface area contributed by atoms with E-state index in [0.29, 0.717) is 34.8 Å². The highest BCUT2D eigenvalue weighted by atomic mass is 16.5. The molecule has 1 amide bonds. The molecule has 2 aromatic carbocycles. The molecule has 0 aliphatic carbocycles. The molecule has 10 heteroatoms. The number of rotatable bonds is 10. The number of primary amides is 1. The molecule has 1 unspecified atom stereocenters. The number of ether oxygens (including phenoxy) is 2. The van der Waals surface area contributed by atoms with Crippen molar-refractivity contribution in [3.8, 4) is 11.5 Å². The van der Waals surface area contributed by atoms with Gasteiger partial charge in [0, 0.05) is 12.7 Å². The summed E-state index contributed by atoms with van der Waals surface area (Å²) in [6.07, 6.45) is 5.34. The summed E-state index contributed by atoms with van der Waals surface area (Å²) in [5.41, 5.74) is 9.06. The van der Waals surface area contributed by atoms with E-state index in [1.54, 1.807) is 31.5 Å². The fraction of sp³-hybridized carbons (Fsp3) is 0.345. The Bertz CT molecular complexity index is 1470. The molecule has 1 saturated heterocycles. The molecule has 204 valence electrons. The minimum absolute atomic E-state index is 0.245. The molecule has 1 aliphatic heterocycles. The number of nitrogens with two attached hydrogens (primary N) is 1. The van der Waals surface area contributed by atoms with Crippen molar-refractivity contribution in [2.75, 3.05) is 44.5 Å². The Kier molecular flexibility index (Phi) is 7.83. The van der Waals surface area contributed by atoms with E-state index in [2.05, 4.69) is 44.6 Å². The lowest BCUT2D eigenvalue weighted by molar-refractivity contribution is 0.0998. The minimum Gasteiger partial charge on any atom is -0.496 e. The third-order valence-corrected chi connectivity index (χ3v) is 7.15. The Hall–Kier alpha value is -4.31. The van der Waals surface area contributed by atoms with Crippen molar-refractivity contribution in [3.05, 3.63) is 59.8 Å². The molecule has 1 atom stereocenters. The summed E-state index contributed by atoms with van der Waals surface area (Å²) in [4.78, 5) is 27.3. The topological polar surface area (TPSA) is 130 Å². The molecule has 0 spiro atoms. The molecule has 0 saturated carbocycles. The van der Waals surface area contributed by atoms with E-state index < -0.39 is 5.91 Å². The molecule has 0 bridgehead atoms. The van der Waals surface area contributed by atoms with Crippen molar-refractivity contribution < 1.29 is 14.3 Å². The van der Waals surface area contributed by atoms with Gasteiger partial charge >= 0.3 is 0 Å². The van der Waals surface area contributed by atoms with Gasteiger partial charge in [0.05, 0.1) is 31.0 Å². The van der Waals surface area contributed by atoms with Crippen molar-refractivity contribution in [2.24, 2.45) is 5.73 Å². The summed E-state index contributed by atoms with van der Waals surface area (Å²) in [5.74, 6) is 1.87. The molecule has 0 radical (unpaired) electrons. The number of hydrogen-bond donors (Lipinski definition) is 4. The predicted octanol–water partition coefficient (Wildman–Crippen LogP) is 5.15. The van der Waals surface area contributed by atoms with Crippen LogP contribution in [0.5, 0.6) is 11.5 Å². The molecule has 1 aliphatic rings. The van der Waals surface area contributed by atoms with E-state index in [1.807, 2.05) is 12.1 Å². The van der Waals surface area contributed by atoms with Crippen molar-refractivity contribution in [1.29, 1.82) is 0 Å². The zero-order valence-electron chi connectivity index (χ0n) is 22.6. The molecule has 39 heavy (non-hydrogen) atoms. The van der Waals surface area contributed by atoms with Crippen LogP contribution in [0.2, 0.25) is 0 Å². The van der Waals surface area contributed by atoms with Gasteiger partial charge < -0.3 is 35.7 Å². The Balaban J connectivity index is 1.44. The maximum atomic E-state index is 12.2. The van der Waals surface area contributed by atoms with E-state index in [1.165, 1.54) is 38.5 Å². The van der Waals surface area contributed by atoms with Crippen molar-refractivity contribution in [3.63, 3.8) is 0 Å². The number of benzene rings is 2. The van der Waals surface area contributed by atoms with Gasteiger partial charge in [0.15, 0.2) is 0 Å². The second-order valence-electron chi connectivity index (χ2n) is 9.73. The first kappa shape index (κ1) is 26.3. The van der Waals surface area contributed by atoms with Crippen LogP contribution in [-0.4, -0.2) is 59.6 Å². The average Bonchev–Trinajstić information content (AvgIpc) is 3.42. The van der Waals surface area contributed by atoms with E-state index in [-0.39, 0.29) is 5.56 Å². The second kappa shape index (κ2) is 11.6. The summed E-state index contributed by atoms with van der Waals surface area (Å²) in [5, 5.41) is 7.33. The molecule has 5 N–H and O–H groups in total. The molecular weight excluding hydrogens is 494 g/mol. The number of nitrogens with zero attached hydrogens (tertiary/aromatic N) is 3. The number of carbonyl (C=O) groups is 1. The summed E-state index contributed by atoms with van der Waals surface area (Å²) in [7, 11) is 3.17. The number of aromatic amines is 1. The Labute approximate surface area is 227 Å². The second-order valence-corrected chi connectivity index (χ2v) is 9.73. The molecule has 10 nitrogen and oxygen atoms in total. The Morgan fingerprint density at radius 2 is 1.95 bits per heavy atom. The number of hydrogen-bond acceptors (Lipinski definition) is 8. The smallest absolute Gasteiger partial charge is 0.254 e. The van der Waals surface area contributed by atoms with E-state index in [9.17, 15) is 4.79 Å². The zero-order valence-corrected chi connectivity index (χ0v) is 22.6. The van der Waals surface area contributed by atoms with E-state index in [0.717, 1.165) is 29.9 Å². The number of H-pyrrole nitrogens is 1. The summed E-state index contributed by atoms with van der Waals surface area (Å²) < 4.78 is 11.1. The lowest BCUT2D eigenvalue weighted by Gasteiger charge is -2.33. The third-order valence-electron chi connectivity index (χ3n) is 7.15. The van der Waals surface area contributed by atoms with Gasteiger partial charge in [-0.05, 0) is 74.2 Å². The largest absolute Gasteiger partial charge is 0.496 e. The fourth-order valence-corrected chi connectivity index (χ4v) is 5.31. The highest BCUT2D eigenvalue weighted by Crippen LogP contribution is 2.35. The fourth-order valence-electron chi connectivity index (χ4n) is 5.31. The van der Waals surface area contributed by atoms with Crippen molar-refractivity contribution in [1.82, 2.24) is 19.9 Å². The first-order chi connectivity index (χ1) is 19.0. The Morgan fingerprint density at radius 1 is 1.10 bits per heavy atom. The predicted molar refractivity (Wildman–Crippen MR) is 154 cm³/mol. The van der Waals surface area contributed by atoms with Gasteiger partial charge in [-0.25, -0.2) is 0 Å². The number of aromatic nitrogens is 3. The van der Waals surface area contributed by atoms with Gasteiger partial charge in [-0.2, -0.15) is 9.97 Å². The van der Waals surface area contributed by atoms with Gasteiger partial charge in [-0.15, -0.1) is 0 Å². The lowest BCUT2D eigenvalue weighted by atomic mass is 9.90. The summed E-state index contributed by atoms with van der Waals surface area (Å²) in [6, 6.07) is 13.4. The van der Waals surface area contributed by atoms with Gasteiger partial charge in [0.25, 0.3) is 5.91 Å². The maximum absolute atomic E-state index is 12.2. The minimum atomic E-state index is -0.603. The van der Waals surface area contributed by atoms with Gasteiger partial charge in [0.1, 0.15) is 28.5 Å². The molecule has 3 heterocycles. The van der Waals surface area contributed by atoms with Crippen LogP contribution in [0, 0.1) is 0 Å². The highest BCUT2D eigenvalue weighted by molar-refractivity contribution is 6.03. The number of fused-ring (bicyclic) bond motifs is 1. The number of carbonyl (C=O) groups excluding carboxylic acids is 1. The SMILES string of the molecule is CCCN1CCCC(c2ccc(Nc3nc(Nc4cccc(OC)c4C(N)=O)c4cc[nH]c4n3)c(OC)c2)C1. The molecule has 2 aromatic heterocycles. The maximum Gasteiger partial charge on any atom is 0.254 e. The number of amides is 1. The van der Waals surface area contributed by atoms with Crippen LogP contribution in [-0.2, 0) is 0 Å². The normalized spacial score (nSPS) is 15.7. The summed E-state index contributed by atoms with van der Waals surface area (Å²) in [6.45, 7) is 5.61. The number of anilines is 4. The van der Waals surface area contributed by atoms with Crippen LogP contribution in [0.4, 0.5) is 23.1 Å². The number of likely N-dealkylation sites (tertiary alicyclic amines) is 1. The van der Waals surface area contributed by atoms with Crippen LogP contribution < -0.4 is 25.8 Å².